The molecule has 0 spiro atoms. The molecule has 1 rings (SSSR count). The number of nitrogens with one attached hydrogen (secondary N) is 3. The molecule has 0 fully saturated rings. The predicted octanol–water partition coefficient (Wildman–Crippen LogP) is 1.36. The Labute approximate surface area is 285 Å². The highest BCUT2D eigenvalue weighted by Gasteiger charge is 2.37. The van der Waals surface area contributed by atoms with Gasteiger partial charge in [0.25, 0.3) is 0 Å². The van der Waals surface area contributed by atoms with Gasteiger partial charge in [0.1, 0.15) is 5.75 Å². The van der Waals surface area contributed by atoms with Crippen LogP contribution in [0.15, 0.2) is 24.3 Å². The standard InChI is InChI=1S/C32H57N4O11P/c1-7-15-44-18-14-35-31(39)28(23-26-8-10-27(11-9-26)47-48(40,41)32(2,3)4)36(24-29(37)33-12-16-45-21-19-42-5)25-30(38)34-13-17-46-22-20-43-6/h8-11,28H,7,12-25H2,1-6H3,(H,33,37)(H,34,38)(H,35,39)(H,40,41). The number of carbonyl (C=O) groups is 3. The Morgan fingerprint density at radius 2 is 1.25 bits per heavy atom. The summed E-state index contributed by atoms with van der Waals surface area (Å²) in [5.74, 6) is -0.983. The van der Waals surface area contributed by atoms with Crippen molar-refractivity contribution >= 4 is 25.3 Å². The summed E-state index contributed by atoms with van der Waals surface area (Å²) >= 11 is 0. The highest BCUT2D eigenvalue weighted by atomic mass is 31.2. The number of amides is 3. The van der Waals surface area contributed by atoms with Crippen LogP contribution in [0.2, 0.25) is 0 Å². The molecule has 4 N–H and O–H groups in total. The molecule has 2 atom stereocenters. The van der Waals surface area contributed by atoms with Crippen molar-refractivity contribution in [3.63, 3.8) is 0 Å². The maximum absolute atomic E-state index is 13.6. The topological polar surface area (TPSA) is 183 Å². The van der Waals surface area contributed by atoms with Crippen molar-refractivity contribution in [3.8, 4) is 5.75 Å². The molecule has 1 aromatic rings. The molecule has 0 heterocycles. The Balaban J connectivity index is 3.17. The van der Waals surface area contributed by atoms with E-state index < -0.39 is 36.5 Å². The Morgan fingerprint density at radius 3 is 1.71 bits per heavy atom. The lowest BCUT2D eigenvalue weighted by molar-refractivity contribution is -0.131. The number of rotatable bonds is 27. The van der Waals surface area contributed by atoms with E-state index in [-0.39, 0.29) is 58.1 Å². The summed E-state index contributed by atoms with van der Waals surface area (Å²) in [7, 11) is -0.830. The second-order valence-electron chi connectivity index (χ2n) is 11.9. The van der Waals surface area contributed by atoms with Crippen molar-refractivity contribution in [1.29, 1.82) is 0 Å². The van der Waals surface area contributed by atoms with Gasteiger partial charge < -0.3 is 49.1 Å². The summed E-state index contributed by atoms with van der Waals surface area (Å²) in [6, 6.07) is 5.52. The minimum absolute atomic E-state index is 0.124. The zero-order valence-corrected chi connectivity index (χ0v) is 30.3. The number of hydrogen-bond acceptors (Lipinski definition) is 11. The summed E-state index contributed by atoms with van der Waals surface area (Å²) < 4.78 is 44.3. The van der Waals surface area contributed by atoms with E-state index in [4.69, 9.17) is 28.2 Å². The lowest BCUT2D eigenvalue weighted by Crippen LogP contribution is -2.54. The molecular weight excluding hydrogens is 647 g/mol. The van der Waals surface area contributed by atoms with Gasteiger partial charge in [-0.1, -0.05) is 19.1 Å². The average Bonchev–Trinajstić information content (AvgIpc) is 3.02. The minimum Gasteiger partial charge on any atom is -0.424 e. The van der Waals surface area contributed by atoms with Gasteiger partial charge in [-0.05, 0) is 51.3 Å². The summed E-state index contributed by atoms with van der Waals surface area (Å²) in [5.41, 5.74) is 0.678. The van der Waals surface area contributed by atoms with Gasteiger partial charge >= 0.3 is 7.60 Å². The van der Waals surface area contributed by atoms with Crippen molar-refractivity contribution < 1.29 is 52.1 Å². The Bertz CT molecular complexity index is 1070. The van der Waals surface area contributed by atoms with E-state index in [9.17, 15) is 23.8 Å². The molecule has 16 heteroatoms. The fourth-order valence-corrected chi connectivity index (χ4v) is 4.64. The van der Waals surface area contributed by atoms with Crippen LogP contribution in [0.1, 0.15) is 39.7 Å². The Kier molecular flexibility index (Phi) is 22.2. The monoisotopic (exact) mass is 704 g/mol. The van der Waals surface area contributed by atoms with Crippen LogP contribution in [-0.2, 0) is 49.1 Å². The zero-order valence-electron chi connectivity index (χ0n) is 29.4. The largest absolute Gasteiger partial charge is 0.424 e. The first-order valence-electron chi connectivity index (χ1n) is 16.2. The molecule has 15 nitrogen and oxygen atoms in total. The lowest BCUT2D eigenvalue weighted by atomic mass is 10.0. The summed E-state index contributed by atoms with van der Waals surface area (Å²) in [6.45, 7) is 10.1. The molecule has 0 saturated heterocycles. The smallest absolute Gasteiger partial charge is 0.381 e. The summed E-state index contributed by atoms with van der Waals surface area (Å²) in [5, 5.41) is 7.43. The maximum atomic E-state index is 13.6. The van der Waals surface area contributed by atoms with Crippen molar-refractivity contribution in [2.24, 2.45) is 0 Å². The van der Waals surface area contributed by atoms with E-state index in [1.165, 1.54) is 4.90 Å². The fraction of sp³-hybridized carbons (Fsp3) is 0.719. The van der Waals surface area contributed by atoms with Crippen LogP contribution in [0.3, 0.4) is 0 Å². The molecule has 3 amide bonds. The second kappa shape index (κ2) is 24.5. The molecular formula is C32H57N4O11P. The van der Waals surface area contributed by atoms with E-state index in [0.29, 0.717) is 45.2 Å². The number of hydrogen-bond donors (Lipinski definition) is 4. The first kappa shape index (κ1) is 43.4. The lowest BCUT2D eigenvalue weighted by Gasteiger charge is -2.30. The third-order valence-electron chi connectivity index (χ3n) is 6.76. The first-order valence-corrected chi connectivity index (χ1v) is 17.8. The van der Waals surface area contributed by atoms with E-state index in [1.54, 1.807) is 59.3 Å². The second-order valence-corrected chi connectivity index (χ2v) is 14.4. The van der Waals surface area contributed by atoms with Crippen LogP contribution in [0, 0.1) is 0 Å². The summed E-state index contributed by atoms with van der Waals surface area (Å²) in [4.78, 5) is 51.6. The molecule has 2 unspecified atom stereocenters. The predicted molar refractivity (Wildman–Crippen MR) is 181 cm³/mol. The fourth-order valence-electron chi connectivity index (χ4n) is 3.96. The van der Waals surface area contributed by atoms with E-state index >= 15 is 0 Å². The van der Waals surface area contributed by atoms with Crippen molar-refractivity contribution in [3.05, 3.63) is 29.8 Å². The Morgan fingerprint density at radius 1 is 0.771 bits per heavy atom. The number of carbonyl (C=O) groups excluding carboxylic acids is 3. The third-order valence-corrected chi connectivity index (χ3v) is 8.91. The normalized spacial score (nSPS) is 13.5. The van der Waals surface area contributed by atoms with Crippen LogP contribution in [-0.4, -0.2) is 139 Å². The van der Waals surface area contributed by atoms with Crippen LogP contribution in [0.25, 0.3) is 0 Å². The highest BCUT2D eigenvalue weighted by molar-refractivity contribution is 7.54. The molecule has 0 aliphatic heterocycles. The van der Waals surface area contributed by atoms with Crippen LogP contribution >= 0.6 is 7.60 Å². The van der Waals surface area contributed by atoms with Crippen LogP contribution in [0.4, 0.5) is 0 Å². The van der Waals surface area contributed by atoms with Crippen molar-refractivity contribution in [2.45, 2.75) is 51.7 Å². The highest BCUT2D eigenvalue weighted by Crippen LogP contribution is 2.54. The molecule has 276 valence electrons. The van der Waals surface area contributed by atoms with Gasteiger partial charge in [-0.2, -0.15) is 0 Å². The molecule has 0 radical (unpaired) electrons. The van der Waals surface area contributed by atoms with Crippen molar-refractivity contribution in [1.82, 2.24) is 20.9 Å². The third kappa shape index (κ3) is 18.8. The number of methoxy groups -OCH3 is 2. The quantitative estimate of drug-likeness (QED) is 0.0764. The maximum Gasteiger partial charge on any atom is 0.381 e. The molecule has 0 aliphatic carbocycles. The van der Waals surface area contributed by atoms with Gasteiger partial charge in [0, 0.05) is 40.5 Å². The zero-order chi connectivity index (χ0) is 35.8. The number of nitrogens with zero attached hydrogens (tertiary/aromatic N) is 1. The molecule has 1 aromatic carbocycles. The number of ether oxygens (including phenoxy) is 5. The number of benzene rings is 1. The SMILES string of the molecule is CCCOCCNC(=O)C(Cc1ccc(OP(=O)(O)C(C)(C)C)cc1)N(CC(=O)NCCOCCOC)CC(=O)NCCOCCOC. The van der Waals surface area contributed by atoms with Crippen LogP contribution in [0.5, 0.6) is 5.75 Å². The molecule has 0 aromatic heterocycles. The van der Waals surface area contributed by atoms with Gasteiger partial charge in [-0.25, -0.2) is 4.57 Å². The Hall–Kier alpha value is -2.62. The van der Waals surface area contributed by atoms with Gasteiger partial charge in [0.2, 0.25) is 17.7 Å². The molecule has 0 saturated carbocycles. The van der Waals surface area contributed by atoms with Crippen LogP contribution < -0.4 is 20.5 Å². The summed E-state index contributed by atoms with van der Waals surface area (Å²) in [6.07, 6.45) is 0.962. The minimum atomic E-state index is -3.96. The van der Waals surface area contributed by atoms with E-state index in [0.717, 1.165) is 6.42 Å². The molecule has 48 heavy (non-hydrogen) atoms. The van der Waals surface area contributed by atoms with E-state index in [2.05, 4.69) is 16.0 Å². The first-order chi connectivity index (χ1) is 22.8. The van der Waals surface area contributed by atoms with E-state index in [1.807, 2.05) is 6.92 Å². The van der Waals surface area contributed by atoms with Gasteiger partial charge in [0.05, 0.1) is 70.5 Å². The van der Waals surface area contributed by atoms with Gasteiger partial charge in [0.15, 0.2) is 0 Å². The molecule has 0 bridgehead atoms. The molecule has 0 aliphatic rings. The van der Waals surface area contributed by atoms with Gasteiger partial charge in [-0.3, -0.25) is 19.3 Å². The average molecular weight is 705 g/mol. The van der Waals surface area contributed by atoms with Crippen molar-refractivity contribution in [2.75, 3.05) is 99.8 Å². The van der Waals surface area contributed by atoms with Gasteiger partial charge in [-0.15, -0.1) is 0 Å².